The van der Waals surface area contributed by atoms with Crippen LogP contribution in [0.4, 0.5) is 15.3 Å². The van der Waals surface area contributed by atoms with E-state index in [-0.39, 0.29) is 17.9 Å². The van der Waals surface area contributed by atoms with Gasteiger partial charge in [-0.15, -0.1) is 0 Å². The summed E-state index contributed by atoms with van der Waals surface area (Å²) < 4.78 is 31.3. The Kier molecular flexibility index (Phi) is 7.79. The maximum absolute atomic E-state index is 12.2. The Morgan fingerprint density at radius 2 is 1.76 bits per heavy atom. The first kappa shape index (κ1) is 22.0. The van der Waals surface area contributed by atoms with Gasteiger partial charge in [0.25, 0.3) is 10.0 Å². The van der Waals surface area contributed by atoms with E-state index < -0.39 is 28.3 Å². The lowest BCUT2D eigenvalue weighted by molar-refractivity contribution is 0.121. The Hall–Kier alpha value is -3.33. The number of para-hydroxylation sites is 1. The van der Waals surface area contributed by atoms with Crippen LogP contribution in [0.15, 0.2) is 72.1 Å². The molecule has 0 heterocycles. The van der Waals surface area contributed by atoms with Gasteiger partial charge in [-0.1, -0.05) is 48.6 Å². The average molecular weight is 417 g/mol. The highest BCUT2D eigenvalue weighted by Crippen LogP contribution is 2.10. The molecule has 9 heteroatoms. The summed E-state index contributed by atoms with van der Waals surface area (Å²) in [4.78, 5) is 23.7. The van der Waals surface area contributed by atoms with Gasteiger partial charge in [0.15, 0.2) is 0 Å². The van der Waals surface area contributed by atoms with Gasteiger partial charge in [-0.3, -0.25) is 0 Å². The Bertz CT molecular complexity index is 944. The van der Waals surface area contributed by atoms with Gasteiger partial charge in [0.05, 0.1) is 4.90 Å². The van der Waals surface area contributed by atoms with Gasteiger partial charge in [0, 0.05) is 18.7 Å². The van der Waals surface area contributed by atoms with E-state index in [4.69, 9.17) is 4.74 Å². The lowest BCUT2D eigenvalue weighted by Crippen LogP contribution is -2.35. The molecule has 0 radical (unpaired) electrons. The van der Waals surface area contributed by atoms with Crippen LogP contribution in [0.25, 0.3) is 0 Å². The number of benzene rings is 2. The molecule has 0 aromatic heterocycles. The van der Waals surface area contributed by atoms with Crippen molar-refractivity contribution in [1.82, 2.24) is 10.0 Å². The lowest BCUT2D eigenvalue weighted by atomic mass is 10.2. The molecule has 0 saturated heterocycles. The highest BCUT2D eigenvalue weighted by atomic mass is 32.2. The summed E-state index contributed by atoms with van der Waals surface area (Å²) in [5.41, 5.74) is 1.53. The van der Waals surface area contributed by atoms with Crippen LogP contribution in [0, 0.1) is 6.92 Å². The van der Waals surface area contributed by atoms with E-state index in [1.807, 2.05) is 17.7 Å². The fourth-order valence-corrected chi connectivity index (χ4v) is 3.18. The summed E-state index contributed by atoms with van der Waals surface area (Å²) in [6, 6.07) is 14.5. The quantitative estimate of drug-likeness (QED) is 0.571. The van der Waals surface area contributed by atoms with E-state index in [0.717, 1.165) is 5.56 Å². The number of carbonyl (C=O) groups excluding carboxylic acids is 2. The minimum atomic E-state index is -4.04. The zero-order chi connectivity index (χ0) is 21.3. The van der Waals surface area contributed by atoms with Crippen molar-refractivity contribution in [3.63, 3.8) is 0 Å². The fourth-order valence-electron chi connectivity index (χ4n) is 2.30. The molecule has 2 aromatic carbocycles. The van der Waals surface area contributed by atoms with Crippen LogP contribution in [0.5, 0.6) is 0 Å². The number of urea groups is 1. The van der Waals surface area contributed by atoms with Crippen molar-refractivity contribution < 1.29 is 22.7 Å². The summed E-state index contributed by atoms with van der Waals surface area (Å²) in [6.45, 7) is 5.57. The van der Waals surface area contributed by atoms with Gasteiger partial charge in [0.1, 0.15) is 6.10 Å². The average Bonchev–Trinajstić information content (AvgIpc) is 2.67. The minimum absolute atomic E-state index is 0.0468. The van der Waals surface area contributed by atoms with E-state index in [2.05, 4.69) is 17.2 Å². The molecule has 1 atom stereocenters. The molecule has 29 heavy (non-hydrogen) atoms. The molecule has 1 unspecified atom stereocenters. The topological polar surface area (TPSA) is 114 Å². The van der Waals surface area contributed by atoms with Crippen LogP contribution >= 0.6 is 0 Å². The third-order valence-electron chi connectivity index (χ3n) is 3.82. The lowest BCUT2D eigenvalue weighted by Gasteiger charge is -2.15. The maximum Gasteiger partial charge on any atom is 0.421 e. The molecule has 2 rings (SSSR count). The molecule has 0 saturated carbocycles. The van der Waals surface area contributed by atoms with Gasteiger partial charge < -0.3 is 15.4 Å². The molecule has 3 N–H and O–H groups in total. The van der Waals surface area contributed by atoms with Crippen molar-refractivity contribution in [2.24, 2.45) is 0 Å². The number of anilines is 1. The molecular weight excluding hydrogens is 394 g/mol. The molecule has 3 amide bonds. The van der Waals surface area contributed by atoms with E-state index >= 15 is 0 Å². The molecule has 0 spiro atoms. The number of aryl methyl sites for hydroxylation is 1. The second kappa shape index (κ2) is 10.3. The molecule has 8 nitrogen and oxygen atoms in total. The smallest absolute Gasteiger partial charge is 0.421 e. The SMILES string of the molecule is C=CC(CCNC(=O)Nc1ccccc1)OC(=O)NS(=O)(=O)c1ccc(C)cc1. The molecule has 0 aliphatic carbocycles. The van der Waals surface area contributed by atoms with Crippen molar-refractivity contribution in [1.29, 1.82) is 0 Å². The van der Waals surface area contributed by atoms with Crippen LogP contribution in [0.3, 0.4) is 0 Å². The van der Waals surface area contributed by atoms with Crippen molar-refractivity contribution >= 4 is 27.8 Å². The van der Waals surface area contributed by atoms with E-state index in [0.29, 0.717) is 5.69 Å². The summed E-state index contributed by atoms with van der Waals surface area (Å²) in [6.07, 6.45) is -0.317. The second-order valence-corrected chi connectivity index (χ2v) is 7.82. The third-order valence-corrected chi connectivity index (χ3v) is 5.14. The Labute approximate surface area is 170 Å². The standard InChI is InChI=1S/C20H23N3O5S/c1-3-17(13-14-21-19(24)22-16-7-5-4-6-8-16)28-20(25)23-29(26,27)18-11-9-15(2)10-12-18/h3-12,17H,1,13-14H2,2H3,(H,23,25)(H2,21,22,24). The predicted octanol–water partition coefficient (Wildman–Crippen LogP) is 3.18. The summed E-state index contributed by atoms with van der Waals surface area (Å²) in [5.74, 6) is 0. The fraction of sp³-hybridized carbons (Fsp3) is 0.200. The molecule has 0 fully saturated rings. The zero-order valence-electron chi connectivity index (χ0n) is 15.9. The molecule has 154 valence electrons. The number of hydrogen-bond acceptors (Lipinski definition) is 5. The first-order valence-electron chi connectivity index (χ1n) is 8.83. The van der Waals surface area contributed by atoms with Gasteiger partial charge in [0.2, 0.25) is 0 Å². The highest BCUT2D eigenvalue weighted by molar-refractivity contribution is 7.90. The van der Waals surface area contributed by atoms with Crippen molar-refractivity contribution in [2.75, 3.05) is 11.9 Å². The van der Waals surface area contributed by atoms with Crippen LogP contribution < -0.4 is 15.4 Å². The second-order valence-electron chi connectivity index (χ2n) is 6.13. The van der Waals surface area contributed by atoms with Gasteiger partial charge in [-0.25, -0.2) is 22.7 Å². The van der Waals surface area contributed by atoms with Crippen LogP contribution in [0.1, 0.15) is 12.0 Å². The summed E-state index contributed by atoms with van der Waals surface area (Å²) >= 11 is 0. The molecule has 0 bridgehead atoms. The molecule has 2 aromatic rings. The Morgan fingerprint density at radius 1 is 1.10 bits per heavy atom. The minimum Gasteiger partial charge on any atom is -0.441 e. The van der Waals surface area contributed by atoms with Crippen molar-refractivity contribution in [2.45, 2.75) is 24.3 Å². The predicted molar refractivity (Wildman–Crippen MR) is 110 cm³/mol. The Morgan fingerprint density at radius 3 is 2.38 bits per heavy atom. The van der Waals surface area contributed by atoms with Crippen molar-refractivity contribution in [3.05, 3.63) is 72.8 Å². The number of ether oxygens (including phenoxy) is 1. The van der Waals surface area contributed by atoms with Crippen molar-refractivity contribution in [3.8, 4) is 0 Å². The molecule has 0 aliphatic heterocycles. The van der Waals surface area contributed by atoms with Gasteiger partial charge >= 0.3 is 12.1 Å². The van der Waals surface area contributed by atoms with E-state index in [1.54, 1.807) is 36.4 Å². The highest BCUT2D eigenvalue weighted by Gasteiger charge is 2.20. The monoisotopic (exact) mass is 417 g/mol. The normalized spacial score (nSPS) is 11.8. The van der Waals surface area contributed by atoms with Gasteiger partial charge in [-0.05, 0) is 31.2 Å². The number of carbonyl (C=O) groups is 2. The van der Waals surface area contributed by atoms with E-state index in [1.165, 1.54) is 18.2 Å². The largest absolute Gasteiger partial charge is 0.441 e. The van der Waals surface area contributed by atoms with Crippen LogP contribution in [-0.4, -0.2) is 33.2 Å². The van der Waals surface area contributed by atoms with Crippen LogP contribution in [-0.2, 0) is 14.8 Å². The number of sulfonamides is 1. The Balaban J connectivity index is 1.79. The number of amides is 3. The summed E-state index contributed by atoms with van der Waals surface area (Å²) in [7, 11) is -4.04. The number of rotatable bonds is 8. The third kappa shape index (κ3) is 7.30. The molecule has 0 aliphatic rings. The zero-order valence-corrected chi connectivity index (χ0v) is 16.7. The molecular formula is C20H23N3O5S. The van der Waals surface area contributed by atoms with Gasteiger partial charge in [-0.2, -0.15) is 0 Å². The van der Waals surface area contributed by atoms with E-state index in [9.17, 15) is 18.0 Å². The maximum atomic E-state index is 12.2. The first-order valence-corrected chi connectivity index (χ1v) is 10.3. The first-order chi connectivity index (χ1) is 13.8. The van der Waals surface area contributed by atoms with Crippen LogP contribution in [0.2, 0.25) is 0 Å². The number of nitrogens with one attached hydrogen (secondary N) is 3. The summed E-state index contributed by atoms with van der Waals surface area (Å²) in [5, 5.41) is 5.27. The number of hydrogen-bond donors (Lipinski definition) is 3.